The number of nitrogens with one attached hydrogen (secondary N) is 1. The first-order chi connectivity index (χ1) is 14.1. The van der Waals surface area contributed by atoms with E-state index in [1.165, 1.54) is 11.3 Å². The Morgan fingerprint density at radius 2 is 2.00 bits per heavy atom. The second-order valence-corrected chi connectivity index (χ2v) is 8.50. The van der Waals surface area contributed by atoms with Crippen LogP contribution < -0.4 is 5.32 Å². The number of likely N-dealkylation sites (tertiary alicyclic amines) is 1. The van der Waals surface area contributed by atoms with Gasteiger partial charge in [-0.25, -0.2) is 0 Å². The minimum Gasteiger partial charge on any atom is -0.371 e. The van der Waals surface area contributed by atoms with E-state index in [9.17, 15) is 9.59 Å². The summed E-state index contributed by atoms with van der Waals surface area (Å²) in [6.45, 7) is 1.64. The molecule has 0 unspecified atom stereocenters. The van der Waals surface area contributed by atoms with Crippen molar-refractivity contribution in [3.63, 3.8) is 0 Å². The molecule has 2 fully saturated rings. The summed E-state index contributed by atoms with van der Waals surface area (Å²) >= 11 is 7.42. The van der Waals surface area contributed by atoms with Crippen LogP contribution in [0.1, 0.15) is 21.7 Å². The average molecular weight is 436 g/mol. The quantitative estimate of drug-likeness (QED) is 0.778. The summed E-state index contributed by atoms with van der Waals surface area (Å²) in [5.41, 5.74) is 1.03. The van der Waals surface area contributed by atoms with Crippen LogP contribution in [0.2, 0.25) is 5.02 Å². The molecule has 0 aromatic carbocycles. The number of carbonyl (C=O) groups excluding carboxylic acids is 2. The number of nitrogens with zero attached hydrogens (tertiary/aromatic N) is 2. The summed E-state index contributed by atoms with van der Waals surface area (Å²) in [5, 5.41) is 5.26. The van der Waals surface area contributed by atoms with Gasteiger partial charge >= 0.3 is 0 Å². The van der Waals surface area contributed by atoms with Gasteiger partial charge in [0, 0.05) is 31.9 Å². The van der Waals surface area contributed by atoms with Crippen molar-refractivity contribution in [2.75, 3.05) is 26.3 Å². The molecule has 0 bridgehead atoms. The molecule has 2 saturated heterocycles. The molecule has 0 radical (unpaired) electrons. The fourth-order valence-corrected chi connectivity index (χ4v) is 4.64. The fourth-order valence-electron chi connectivity index (χ4n) is 3.53. The van der Waals surface area contributed by atoms with Gasteiger partial charge in [-0.15, -0.1) is 11.3 Å². The van der Waals surface area contributed by atoms with Crippen LogP contribution in [0.5, 0.6) is 0 Å². The smallest absolute Gasteiger partial charge is 0.265 e. The zero-order valence-electron chi connectivity index (χ0n) is 15.8. The van der Waals surface area contributed by atoms with Crippen molar-refractivity contribution in [1.82, 2.24) is 15.2 Å². The molecule has 2 aromatic heterocycles. The molecule has 29 heavy (non-hydrogen) atoms. The Morgan fingerprint density at radius 1 is 1.24 bits per heavy atom. The Labute approximate surface area is 178 Å². The second kappa shape index (κ2) is 9.21. The van der Waals surface area contributed by atoms with E-state index < -0.39 is 0 Å². The predicted octanol–water partition coefficient (Wildman–Crippen LogP) is 2.15. The lowest BCUT2D eigenvalue weighted by Gasteiger charge is -2.19. The molecule has 0 aliphatic carbocycles. The molecule has 9 heteroatoms. The Kier molecular flexibility index (Phi) is 6.44. The average Bonchev–Trinajstić information content (AvgIpc) is 3.30. The number of halogens is 1. The van der Waals surface area contributed by atoms with Gasteiger partial charge in [-0.1, -0.05) is 17.7 Å². The number of rotatable bonds is 5. The van der Waals surface area contributed by atoms with Crippen LogP contribution in [0.4, 0.5) is 0 Å². The highest BCUT2D eigenvalue weighted by Gasteiger charge is 2.40. The summed E-state index contributed by atoms with van der Waals surface area (Å²) in [6.07, 6.45) is 4.11. The van der Waals surface area contributed by atoms with Crippen LogP contribution in [-0.2, 0) is 20.7 Å². The summed E-state index contributed by atoms with van der Waals surface area (Å²) in [7, 11) is 0. The van der Waals surface area contributed by atoms with E-state index in [1.807, 2.05) is 12.1 Å². The summed E-state index contributed by atoms with van der Waals surface area (Å²) in [6, 6.07) is 5.34. The van der Waals surface area contributed by atoms with Crippen LogP contribution in [0.25, 0.3) is 0 Å². The van der Waals surface area contributed by atoms with E-state index in [-0.39, 0.29) is 30.1 Å². The van der Waals surface area contributed by atoms with Crippen LogP contribution >= 0.6 is 22.9 Å². The SMILES string of the molecule is O=C(CCc1cccnc1)NC1CO[C@H]2CN(C(=O)c3sccc3Cl)C[C@@H]2OC1. The van der Waals surface area contributed by atoms with Gasteiger partial charge in [0.15, 0.2) is 0 Å². The number of hydrogen-bond donors (Lipinski definition) is 1. The Bertz CT molecular complexity index is 846. The van der Waals surface area contributed by atoms with Gasteiger partial charge in [0.05, 0.1) is 24.3 Å². The van der Waals surface area contributed by atoms with Crippen LogP contribution in [0, 0.1) is 0 Å². The van der Waals surface area contributed by atoms with Crippen molar-refractivity contribution >= 4 is 34.8 Å². The first kappa shape index (κ1) is 20.3. The third-order valence-corrected chi connectivity index (χ3v) is 6.40. The standard InChI is InChI=1S/C20H22ClN3O4S/c21-15-5-7-29-19(15)20(26)24-9-16-17(10-24)28-12-14(11-27-16)23-18(25)4-3-13-2-1-6-22-8-13/h1-2,5-8,14,16-17H,3-4,9-12H2,(H,23,25)/t16-,17-/m0/s1. The molecule has 154 valence electrons. The fraction of sp³-hybridized carbons (Fsp3) is 0.450. The minimum absolute atomic E-state index is 0.0396. The van der Waals surface area contributed by atoms with E-state index in [0.29, 0.717) is 49.0 Å². The number of thiophene rings is 1. The van der Waals surface area contributed by atoms with Gasteiger partial charge in [-0.05, 0) is 29.5 Å². The monoisotopic (exact) mass is 435 g/mol. The lowest BCUT2D eigenvalue weighted by Crippen LogP contribution is -2.41. The van der Waals surface area contributed by atoms with Gasteiger partial charge in [0.2, 0.25) is 5.91 Å². The topological polar surface area (TPSA) is 80.8 Å². The van der Waals surface area contributed by atoms with Crippen molar-refractivity contribution in [2.45, 2.75) is 31.1 Å². The van der Waals surface area contributed by atoms with E-state index in [1.54, 1.807) is 28.7 Å². The maximum atomic E-state index is 12.6. The zero-order chi connectivity index (χ0) is 20.2. The molecule has 7 nitrogen and oxygen atoms in total. The van der Waals surface area contributed by atoms with Gasteiger partial charge < -0.3 is 19.7 Å². The Balaban J connectivity index is 1.25. The molecule has 2 aliphatic rings. The summed E-state index contributed by atoms with van der Waals surface area (Å²) in [4.78, 5) is 31.2. The molecular weight excluding hydrogens is 414 g/mol. The third-order valence-electron chi connectivity index (χ3n) is 5.07. The first-order valence-electron chi connectivity index (χ1n) is 9.54. The highest BCUT2D eigenvalue weighted by molar-refractivity contribution is 7.12. The minimum atomic E-state index is -0.199. The largest absolute Gasteiger partial charge is 0.371 e. The number of pyridine rings is 1. The number of ether oxygens (including phenoxy) is 2. The second-order valence-electron chi connectivity index (χ2n) is 7.18. The first-order valence-corrected chi connectivity index (χ1v) is 10.8. The van der Waals surface area contributed by atoms with Gasteiger partial charge in [-0.2, -0.15) is 0 Å². The van der Waals surface area contributed by atoms with Crippen molar-refractivity contribution < 1.29 is 19.1 Å². The van der Waals surface area contributed by atoms with E-state index in [0.717, 1.165) is 5.56 Å². The molecular formula is C20H22ClN3O4S. The van der Waals surface area contributed by atoms with Crippen molar-refractivity contribution in [1.29, 1.82) is 0 Å². The van der Waals surface area contributed by atoms with Gasteiger partial charge in [0.1, 0.15) is 17.1 Å². The summed E-state index contributed by atoms with van der Waals surface area (Å²) in [5.74, 6) is -0.132. The number of carbonyl (C=O) groups is 2. The molecule has 2 amide bonds. The number of hydrogen-bond acceptors (Lipinski definition) is 6. The lowest BCUT2D eigenvalue weighted by molar-refractivity contribution is -0.122. The Morgan fingerprint density at radius 3 is 2.62 bits per heavy atom. The number of fused-ring (bicyclic) bond motifs is 1. The van der Waals surface area contributed by atoms with Crippen molar-refractivity contribution in [3.05, 3.63) is 51.4 Å². The van der Waals surface area contributed by atoms with Crippen LogP contribution in [0.15, 0.2) is 36.0 Å². The molecule has 4 rings (SSSR count). The molecule has 0 spiro atoms. The van der Waals surface area contributed by atoms with Crippen molar-refractivity contribution in [2.24, 2.45) is 0 Å². The lowest BCUT2D eigenvalue weighted by atomic mass is 10.1. The molecule has 1 N–H and O–H groups in total. The highest BCUT2D eigenvalue weighted by atomic mass is 35.5. The van der Waals surface area contributed by atoms with E-state index >= 15 is 0 Å². The maximum absolute atomic E-state index is 12.6. The van der Waals surface area contributed by atoms with E-state index in [2.05, 4.69) is 10.3 Å². The highest BCUT2D eigenvalue weighted by Crippen LogP contribution is 2.27. The third kappa shape index (κ3) is 4.95. The van der Waals surface area contributed by atoms with Crippen molar-refractivity contribution in [3.8, 4) is 0 Å². The van der Waals surface area contributed by atoms with Crippen LogP contribution in [-0.4, -0.2) is 66.3 Å². The van der Waals surface area contributed by atoms with Crippen LogP contribution in [0.3, 0.4) is 0 Å². The number of amides is 2. The summed E-state index contributed by atoms with van der Waals surface area (Å²) < 4.78 is 11.9. The number of aromatic nitrogens is 1. The van der Waals surface area contributed by atoms with E-state index in [4.69, 9.17) is 21.1 Å². The van der Waals surface area contributed by atoms with Gasteiger partial charge in [0.25, 0.3) is 5.91 Å². The molecule has 2 atom stereocenters. The molecule has 0 saturated carbocycles. The number of aryl methyl sites for hydroxylation is 1. The zero-order valence-corrected chi connectivity index (χ0v) is 17.3. The maximum Gasteiger partial charge on any atom is 0.265 e. The predicted molar refractivity (Wildman–Crippen MR) is 109 cm³/mol. The van der Waals surface area contributed by atoms with Gasteiger partial charge in [-0.3, -0.25) is 14.6 Å². The molecule has 2 aliphatic heterocycles. The molecule has 4 heterocycles. The normalized spacial score (nSPS) is 22.2. The Hall–Kier alpha value is -2.00. The molecule has 2 aromatic rings.